The summed E-state index contributed by atoms with van der Waals surface area (Å²) in [6.45, 7) is 13.3. The first-order valence-electron chi connectivity index (χ1n) is 7.30. The van der Waals surface area contributed by atoms with Gasteiger partial charge in [-0.15, -0.1) is 0 Å². The summed E-state index contributed by atoms with van der Waals surface area (Å²) in [5, 5.41) is 0. The first-order chi connectivity index (χ1) is 8.75. The van der Waals surface area contributed by atoms with Gasteiger partial charge in [-0.1, -0.05) is 25.2 Å². The van der Waals surface area contributed by atoms with Gasteiger partial charge in [-0.25, -0.2) is 0 Å². The van der Waals surface area contributed by atoms with Crippen LogP contribution in [0.15, 0.2) is 11.1 Å². The Balaban J connectivity index is 1.87. The molecule has 0 atom stereocenters. The molecule has 1 saturated carbocycles. The summed E-state index contributed by atoms with van der Waals surface area (Å²) in [5.41, 5.74) is 2.45. The van der Waals surface area contributed by atoms with Gasteiger partial charge < -0.3 is 9.64 Å². The Bertz CT molecular complexity index is 401. The predicted octanol–water partition coefficient (Wildman–Crippen LogP) is 3.26. The van der Waals surface area contributed by atoms with Gasteiger partial charge in [-0.05, 0) is 32.7 Å². The smallest absolute Gasteiger partial charge is 0.252 e. The van der Waals surface area contributed by atoms with Crippen LogP contribution in [0.1, 0.15) is 26.7 Å². The van der Waals surface area contributed by atoms with E-state index in [1.54, 1.807) is 0 Å². The van der Waals surface area contributed by atoms with E-state index in [9.17, 15) is 4.79 Å². The summed E-state index contributed by atoms with van der Waals surface area (Å²) >= 11 is 0. The quantitative estimate of drug-likeness (QED) is 0.440. The van der Waals surface area contributed by atoms with Crippen molar-refractivity contribution in [2.75, 3.05) is 19.9 Å². The first-order valence-corrected chi connectivity index (χ1v) is 11.0. The maximum atomic E-state index is 12.4. The molecule has 0 aromatic heterocycles. The topological polar surface area (TPSA) is 29.5 Å². The number of hydrogen-bond donors (Lipinski definition) is 0. The summed E-state index contributed by atoms with van der Waals surface area (Å²) < 4.78 is 5.73. The molecule has 0 bridgehead atoms. The first kappa shape index (κ1) is 14.8. The van der Waals surface area contributed by atoms with Crippen molar-refractivity contribution >= 4 is 14.0 Å². The van der Waals surface area contributed by atoms with E-state index < -0.39 is 8.07 Å². The Labute approximate surface area is 118 Å². The molecule has 1 heterocycles. The van der Waals surface area contributed by atoms with Crippen molar-refractivity contribution in [3.63, 3.8) is 0 Å². The molecule has 0 N–H and O–H groups in total. The second-order valence-corrected chi connectivity index (χ2v) is 13.1. The molecule has 1 aliphatic carbocycles. The van der Waals surface area contributed by atoms with E-state index in [1.807, 2.05) is 4.90 Å². The molecule has 3 nitrogen and oxygen atoms in total. The zero-order valence-corrected chi connectivity index (χ0v) is 14.0. The van der Waals surface area contributed by atoms with Crippen molar-refractivity contribution in [2.45, 2.75) is 52.4 Å². The fraction of sp³-hybridized carbons (Fsp3) is 0.800. The number of hydrogen-bond acceptors (Lipinski definition) is 2. The Morgan fingerprint density at radius 3 is 2.37 bits per heavy atom. The Morgan fingerprint density at radius 2 is 1.95 bits per heavy atom. The van der Waals surface area contributed by atoms with E-state index in [2.05, 4.69) is 33.5 Å². The van der Waals surface area contributed by atoms with Crippen LogP contribution in [-0.4, -0.2) is 38.8 Å². The second kappa shape index (κ2) is 5.06. The lowest BCUT2D eigenvalue weighted by Gasteiger charge is -2.19. The highest BCUT2D eigenvalue weighted by Crippen LogP contribution is 2.57. The van der Waals surface area contributed by atoms with Crippen LogP contribution < -0.4 is 0 Å². The van der Waals surface area contributed by atoms with Crippen molar-refractivity contribution in [3.05, 3.63) is 11.1 Å². The predicted molar refractivity (Wildman–Crippen MR) is 80.7 cm³/mol. The minimum atomic E-state index is -1.04. The molecule has 4 heteroatoms. The minimum absolute atomic E-state index is 0.193. The molecule has 1 spiro atoms. The molecule has 0 aromatic rings. The summed E-state index contributed by atoms with van der Waals surface area (Å²) in [6, 6.07) is 1.16. The third-order valence-corrected chi connectivity index (χ3v) is 5.83. The third-order valence-electron chi connectivity index (χ3n) is 4.12. The maximum absolute atomic E-state index is 12.4. The lowest BCUT2D eigenvalue weighted by Crippen LogP contribution is -2.30. The highest BCUT2D eigenvalue weighted by Gasteiger charge is 2.56. The van der Waals surface area contributed by atoms with Gasteiger partial charge in [0.25, 0.3) is 5.91 Å². The normalized spacial score (nSPS) is 21.4. The van der Waals surface area contributed by atoms with E-state index in [0.717, 1.165) is 24.8 Å². The van der Waals surface area contributed by atoms with Crippen LogP contribution >= 0.6 is 0 Å². The van der Waals surface area contributed by atoms with Gasteiger partial charge in [-0.2, -0.15) is 0 Å². The minimum Gasteiger partial charge on any atom is -0.361 e. The molecule has 0 unspecified atom stereocenters. The Morgan fingerprint density at radius 1 is 1.32 bits per heavy atom. The molecule has 0 radical (unpaired) electrons. The fourth-order valence-electron chi connectivity index (χ4n) is 2.86. The number of nitrogens with zero attached hydrogens (tertiary/aromatic N) is 1. The molecule has 2 rings (SSSR count). The zero-order valence-electron chi connectivity index (χ0n) is 13.0. The number of amides is 1. The lowest BCUT2D eigenvalue weighted by atomic mass is 9.95. The molecule has 1 aliphatic heterocycles. The molecule has 1 saturated heterocycles. The standard InChI is InChI=1S/C15H27NO2Si/c1-12(2)13-14(17)16(10-15(13)6-7-15)11-18-8-9-19(3,4)5/h6-11H2,1-5H3. The summed E-state index contributed by atoms with van der Waals surface area (Å²) in [5.74, 6) is 0.213. The Hall–Kier alpha value is -0.613. The number of carbonyl (C=O) groups excluding carboxylic acids is 1. The fourth-order valence-corrected chi connectivity index (χ4v) is 3.62. The Kier molecular flexibility index (Phi) is 3.94. The van der Waals surface area contributed by atoms with Crippen LogP contribution in [0.3, 0.4) is 0 Å². The monoisotopic (exact) mass is 281 g/mol. The van der Waals surface area contributed by atoms with Crippen molar-refractivity contribution in [2.24, 2.45) is 5.41 Å². The van der Waals surface area contributed by atoms with Crippen LogP contribution in [-0.2, 0) is 9.53 Å². The molecule has 2 aliphatic rings. The third kappa shape index (κ3) is 3.29. The average Bonchev–Trinajstić information content (AvgIpc) is 2.94. The number of allylic oxidation sites excluding steroid dienone is 1. The number of ether oxygens (including phenoxy) is 1. The molecular formula is C15H27NO2Si. The van der Waals surface area contributed by atoms with E-state index in [-0.39, 0.29) is 11.3 Å². The highest BCUT2D eigenvalue weighted by molar-refractivity contribution is 6.76. The van der Waals surface area contributed by atoms with Crippen molar-refractivity contribution in [3.8, 4) is 0 Å². The van der Waals surface area contributed by atoms with Gasteiger partial charge in [0.1, 0.15) is 6.73 Å². The van der Waals surface area contributed by atoms with E-state index in [0.29, 0.717) is 6.73 Å². The van der Waals surface area contributed by atoms with Gasteiger partial charge in [-0.3, -0.25) is 4.79 Å². The SMILES string of the molecule is CC(C)=C1C(=O)N(COCC[Si](C)(C)C)CC12CC2. The largest absolute Gasteiger partial charge is 0.361 e. The number of rotatable bonds is 5. The average molecular weight is 281 g/mol. The van der Waals surface area contributed by atoms with E-state index in [1.165, 1.54) is 18.4 Å². The molecular weight excluding hydrogens is 254 g/mol. The number of likely N-dealkylation sites (tertiary alicyclic amines) is 1. The van der Waals surface area contributed by atoms with Crippen molar-refractivity contribution in [1.29, 1.82) is 0 Å². The summed E-state index contributed by atoms with van der Waals surface area (Å²) in [4.78, 5) is 14.3. The summed E-state index contributed by atoms with van der Waals surface area (Å²) in [7, 11) is -1.04. The number of carbonyl (C=O) groups is 1. The highest BCUT2D eigenvalue weighted by atomic mass is 28.3. The zero-order chi connectivity index (χ0) is 14.3. The van der Waals surface area contributed by atoms with Crippen LogP contribution in [0.2, 0.25) is 25.7 Å². The second-order valence-electron chi connectivity index (χ2n) is 7.51. The summed E-state index contributed by atoms with van der Waals surface area (Å²) in [6.07, 6.45) is 2.34. The van der Waals surface area contributed by atoms with E-state index in [4.69, 9.17) is 4.74 Å². The molecule has 108 valence electrons. The van der Waals surface area contributed by atoms with Crippen LogP contribution in [0.5, 0.6) is 0 Å². The molecule has 0 aromatic carbocycles. The van der Waals surface area contributed by atoms with Gasteiger partial charge in [0.2, 0.25) is 0 Å². The lowest BCUT2D eigenvalue weighted by molar-refractivity contribution is -0.129. The van der Waals surface area contributed by atoms with Crippen molar-refractivity contribution < 1.29 is 9.53 Å². The maximum Gasteiger partial charge on any atom is 0.252 e. The molecule has 19 heavy (non-hydrogen) atoms. The van der Waals surface area contributed by atoms with Gasteiger partial charge in [0.05, 0.1) is 0 Å². The van der Waals surface area contributed by atoms with Crippen LogP contribution in [0.4, 0.5) is 0 Å². The van der Waals surface area contributed by atoms with Gasteiger partial charge in [0.15, 0.2) is 0 Å². The van der Waals surface area contributed by atoms with E-state index >= 15 is 0 Å². The van der Waals surface area contributed by atoms with Crippen LogP contribution in [0.25, 0.3) is 0 Å². The van der Waals surface area contributed by atoms with Gasteiger partial charge >= 0.3 is 0 Å². The molecule has 1 amide bonds. The molecule has 2 fully saturated rings. The van der Waals surface area contributed by atoms with Gasteiger partial charge in [0, 0.05) is 32.2 Å². The van der Waals surface area contributed by atoms with Crippen LogP contribution in [0, 0.1) is 5.41 Å². The van der Waals surface area contributed by atoms with Crippen molar-refractivity contribution in [1.82, 2.24) is 4.90 Å².